The van der Waals surface area contributed by atoms with Crippen molar-refractivity contribution in [1.29, 1.82) is 0 Å². The van der Waals surface area contributed by atoms with Gasteiger partial charge in [-0.05, 0) is 23.9 Å². The minimum atomic E-state index is 0.439. The normalized spacial score (nSPS) is 10.5. The summed E-state index contributed by atoms with van der Waals surface area (Å²) in [5, 5.41) is 1.20. The Kier molecular flexibility index (Phi) is 1.89. The molecule has 0 aliphatic rings. The Bertz CT molecular complexity index is 442. The molecule has 2 nitrogen and oxygen atoms in total. The maximum absolute atomic E-state index is 10.4. The summed E-state index contributed by atoms with van der Waals surface area (Å²) in [6.45, 7) is 2.50. The van der Waals surface area contributed by atoms with Crippen LogP contribution in [0.1, 0.15) is 5.56 Å². The lowest BCUT2D eigenvalue weighted by molar-refractivity contribution is -0.108. The average Bonchev–Trinajstić information content (AvgIpc) is 2.51. The first-order valence-corrected chi connectivity index (χ1v) is 4.31. The van der Waals surface area contributed by atoms with Crippen LogP contribution >= 0.6 is 0 Å². The number of nitrogens with zero attached hydrogens (tertiary/aromatic N) is 1. The van der Waals surface area contributed by atoms with Crippen LogP contribution in [0.2, 0.25) is 0 Å². The lowest BCUT2D eigenvalue weighted by Gasteiger charge is -2.02. The fourth-order valence-corrected chi connectivity index (χ4v) is 1.69. The lowest BCUT2D eigenvalue weighted by atomic mass is 10.2. The van der Waals surface area contributed by atoms with Crippen molar-refractivity contribution in [2.45, 2.75) is 13.5 Å². The van der Waals surface area contributed by atoms with Crippen LogP contribution in [-0.2, 0) is 11.3 Å². The van der Waals surface area contributed by atoms with Gasteiger partial charge in [0, 0.05) is 6.20 Å². The van der Waals surface area contributed by atoms with E-state index in [9.17, 15) is 4.79 Å². The third kappa shape index (κ3) is 1.24. The van der Waals surface area contributed by atoms with Crippen molar-refractivity contribution in [2.24, 2.45) is 0 Å². The third-order valence-electron chi connectivity index (χ3n) is 2.26. The molecule has 0 N–H and O–H groups in total. The summed E-state index contributed by atoms with van der Waals surface area (Å²) < 4.78 is 1.97. The number of aromatic nitrogens is 1. The molecule has 2 aromatic rings. The molecule has 0 radical (unpaired) electrons. The molecule has 1 aromatic heterocycles. The van der Waals surface area contributed by atoms with Crippen molar-refractivity contribution in [3.8, 4) is 0 Å². The van der Waals surface area contributed by atoms with Crippen molar-refractivity contribution < 1.29 is 4.79 Å². The summed E-state index contributed by atoms with van der Waals surface area (Å²) in [5.41, 5.74) is 2.37. The fraction of sp³-hybridized carbons (Fsp3) is 0.182. The Hall–Kier alpha value is -1.57. The van der Waals surface area contributed by atoms with E-state index in [4.69, 9.17) is 0 Å². The van der Waals surface area contributed by atoms with E-state index < -0.39 is 0 Å². The van der Waals surface area contributed by atoms with Crippen LogP contribution in [0.25, 0.3) is 10.9 Å². The minimum Gasteiger partial charge on any atom is -0.340 e. The predicted octanol–water partition coefficient (Wildman–Crippen LogP) is 2.15. The zero-order chi connectivity index (χ0) is 9.26. The maximum Gasteiger partial charge on any atom is 0.139 e. The second-order valence-electron chi connectivity index (χ2n) is 3.15. The Balaban J connectivity index is 2.70. The van der Waals surface area contributed by atoms with Gasteiger partial charge in [-0.3, -0.25) is 0 Å². The number of rotatable bonds is 2. The molecule has 0 fully saturated rings. The molecule has 0 aliphatic carbocycles. The molecule has 0 atom stereocenters. The molecule has 1 aromatic carbocycles. The molecule has 66 valence electrons. The summed E-state index contributed by atoms with van der Waals surface area (Å²) >= 11 is 0. The minimum absolute atomic E-state index is 0.439. The summed E-state index contributed by atoms with van der Waals surface area (Å²) in [5.74, 6) is 0. The molecule has 2 rings (SSSR count). The van der Waals surface area contributed by atoms with Crippen molar-refractivity contribution in [1.82, 2.24) is 4.57 Å². The fourth-order valence-electron chi connectivity index (χ4n) is 1.69. The van der Waals surface area contributed by atoms with Gasteiger partial charge in [0.05, 0.1) is 12.1 Å². The number of carbonyl (C=O) groups excluding carboxylic acids is 1. The van der Waals surface area contributed by atoms with Crippen LogP contribution in [0, 0.1) is 6.92 Å². The van der Waals surface area contributed by atoms with E-state index in [1.54, 1.807) is 0 Å². The number of benzene rings is 1. The van der Waals surface area contributed by atoms with E-state index in [-0.39, 0.29) is 0 Å². The summed E-state index contributed by atoms with van der Waals surface area (Å²) in [6, 6.07) is 8.18. The van der Waals surface area contributed by atoms with Gasteiger partial charge in [0.15, 0.2) is 0 Å². The highest BCUT2D eigenvalue weighted by Crippen LogP contribution is 2.18. The van der Waals surface area contributed by atoms with Crippen molar-refractivity contribution >= 4 is 17.2 Å². The zero-order valence-electron chi connectivity index (χ0n) is 7.53. The van der Waals surface area contributed by atoms with E-state index in [2.05, 4.69) is 19.1 Å². The first kappa shape index (κ1) is 8.05. The van der Waals surface area contributed by atoms with Crippen LogP contribution in [-0.4, -0.2) is 10.9 Å². The second-order valence-corrected chi connectivity index (χ2v) is 3.15. The number of aldehydes is 1. The van der Waals surface area contributed by atoms with Crippen molar-refractivity contribution in [3.63, 3.8) is 0 Å². The van der Waals surface area contributed by atoms with Gasteiger partial charge in [-0.25, -0.2) is 0 Å². The van der Waals surface area contributed by atoms with Crippen LogP contribution in [0.15, 0.2) is 30.5 Å². The highest BCUT2D eigenvalue weighted by Gasteiger charge is 2.01. The number of carbonyl (C=O) groups is 1. The van der Waals surface area contributed by atoms with Gasteiger partial charge in [0.2, 0.25) is 0 Å². The first-order chi connectivity index (χ1) is 6.33. The Labute approximate surface area is 76.8 Å². The molecule has 0 unspecified atom stereocenters. The number of para-hydroxylation sites is 1. The smallest absolute Gasteiger partial charge is 0.139 e. The Morgan fingerprint density at radius 1 is 1.38 bits per heavy atom. The topological polar surface area (TPSA) is 22.0 Å². The number of hydrogen-bond donors (Lipinski definition) is 0. The van der Waals surface area contributed by atoms with E-state index >= 15 is 0 Å². The maximum atomic E-state index is 10.4. The molecule has 0 spiro atoms. The van der Waals surface area contributed by atoms with E-state index in [0.29, 0.717) is 6.54 Å². The summed E-state index contributed by atoms with van der Waals surface area (Å²) in [7, 11) is 0. The molecule has 0 amide bonds. The van der Waals surface area contributed by atoms with Gasteiger partial charge in [-0.15, -0.1) is 0 Å². The predicted molar refractivity (Wildman–Crippen MR) is 52.7 cm³/mol. The highest BCUT2D eigenvalue weighted by molar-refractivity contribution is 5.83. The van der Waals surface area contributed by atoms with Gasteiger partial charge in [-0.2, -0.15) is 0 Å². The molecule has 0 saturated carbocycles. The van der Waals surface area contributed by atoms with Gasteiger partial charge >= 0.3 is 0 Å². The summed E-state index contributed by atoms with van der Waals surface area (Å²) in [6.07, 6.45) is 2.87. The molecule has 13 heavy (non-hydrogen) atoms. The second kappa shape index (κ2) is 3.05. The average molecular weight is 173 g/mol. The SMILES string of the molecule is Cc1cccc2ccn(CC=O)c12. The van der Waals surface area contributed by atoms with Crippen molar-refractivity contribution in [3.05, 3.63) is 36.0 Å². The van der Waals surface area contributed by atoms with Gasteiger partial charge in [0.25, 0.3) is 0 Å². The molecule has 1 heterocycles. The highest BCUT2D eigenvalue weighted by atomic mass is 16.1. The Morgan fingerprint density at radius 3 is 3.00 bits per heavy atom. The quantitative estimate of drug-likeness (QED) is 0.638. The van der Waals surface area contributed by atoms with E-state index in [0.717, 1.165) is 11.8 Å². The monoisotopic (exact) mass is 173 g/mol. The molecular weight excluding hydrogens is 162 g/mol. The molecule has 0 aliphatic heterocycles. The van der Waals surface area contributed by atoms with E-state index in [1.165, 1.54) is 10.9 Å². The number of aryl methyl sites for hydroxylation is 1. The van der Waals surface area contributed by atoms with Crippen LogP contribution in [0.5, 0.6) is 0 Å². The third-order valence-corrected chi connectivity index (χ3v) is 2.26. The number of hydrogen-bond acceptors (Lipinski definition) is 1. The number of fused-ring (bicyclic) bond motifs is 1. The first-order valence-electron chi connectivity index (χ1n) is 4.31. The largest absolute Gasteiger partial charge is 0.340 e. The van der Waals surface area contributed by atoms with Crippen LogP contribution in [0.4, 0.5) is 0 Å². The summed E-state index contributed by atoms with van der Waals surface area (Å²) in [4.78, 5) is 10.4. The standard InChI is InChI=1S/C11H11NO/c1-9-3-2-4-10-5-6-12(7-8-13)11(9)10/h2-6,8H,7H2,1H3. The molecular formula is C11H11NO. The van der Waals surface area contributed by atoms with Gasteiger partial charge in [-0.1, -0.05) is 18.2 Å². The van der Waals surface area contributed by atoms with Gasteiger partial charge < -0.3 is 9.36 Å². The lowest BCUT2D eigenvalue weighted by Crippen LogP contribution is -1.97. The molecule has 0 bridgehead atoms. The van der Waals surface area contributed by atoms with E-state index in [1.807, 2.05) is 22.9 Å². The van der Waals surface area contributed by atoms with Crippen LogP contribution in [0.3, 0.4) is 0 Å². The Morgan fingerprint density at radius 2 is 2.23 bits per heavy atom. The molecule has 2 heteroatoms. The van der Waals surface area contributed by atoms with Crippen LogP contribution < -0.4 is 0 Å². The zero-order valence-corrected chi connectivity index (χ0v) is 7.53. The van der Waals surface area contributed by atoms with Gasteiger partial charge in [0.1, 0.15) is 6.29 Å². The molecule has 0 saturated heterocycles. The van der Waals surface area contributed by atoms with Crippen molar-refractivity contribution in [2.75, 3.05) is 0 Å².